The Kier molecular flexibility index (Phi) is 3.87. The van der Waals surface area contributed by atoms with Gasteiger partial charge in [0.15, 0.2) is 0 Å². The molecule has 0 bridgehead atoms. The predicted octanol–water partition coefficient (Wildman–Crippen LogP) is 2.05. The molecule has 2 rings (SSSR count). The summed E-state index contributed by atoms with van der Waals surface area (Å²) >= 11 is 0. The van der Waals surface area contributed by atoms with Crippen molar-refractivity contribution in [1.82, 2.24) is 5.32 Å². The summed E-state index contributed by atoms with van der Waals surface area (Å²) in [7, 11) is 0. The SMILES string of the molecule is CC1(C)NCCCCN(c2cccc(C#N)c2)C1=O. The molecule has 1 aliphatic heterocycles. The summed E-state index contributed by atoms with van der Waals surface area (Å²) in [6.07, 6.45) is 2.01. The Morgan fingerprint density at radius 3 is 2.89 bits per heavy atom. The average Bonchev–Trinajstić information content (AvgIpc) is 2.41. The summed E-state index contributed by atoms with van der Waals surface area (Å²) in [5.74, 6) is 0.0577. The maximum absolute atomic E-state index is 12.6. The van der Waals surface area contributed by atoms with Gasteiger partial charge in [0.25, 0.3) is 0 Å². The molecule has 1 heterocycles. The lowest BCUT2D eigenvalue weighted by atomic mass is 10.00. The van der Waals surface area contributed by atoms with Gasteiger partial charge in [0.2, 0.25) is 5.91 Å². The fraction of sp³-hybridized carbons (Fsp3) is 0.467. The Balaban J connectivity index is 2.34. The maximum Gasteiger partial charge on any atom is 0.246 e. The Hall–Kier alpha value is -1.86. The predicted molar refractivity (Wildman–Crippen MR) is 74.8 cm³/mol. The van der Waals surface area contributed by atoms with Gasteiger partial charge in [-0.05, 0) is 51.4 Å². The molecule has 1 amide bonds. The largest absolute Gasteiger partial charge is 0.311 e. The molecule has 0 aliphatic carbocycles. The van der Waals surface area contributed by atoms with Crippen LogP contribution in [0.3, 0.4) is 0 Å². The summed E-state index contributed by atoms with van der Waals surface area (Å²) in [6.45, 7) is 5.38. The highest BCUT2D eigenvalue weighted by atomic mass is 16.2. The van der Waals surface area contributed by atoms with E-state index < -0.39 is 5.54 Å². The Bertz CT molecular complexity index is 516. The second-order valence-electron chi connectivity index (χ2n) is 5.38. The molecule has 19 heavy (non-hydrogen) atoms. The first-order valence-corrected chi connectivity index (χ1v) is 6.62. The van der Waals surface area contributed by atoms with E-state index in [-0.39, 0.29) is 5.91 Å². The number of carbonyl (C=O) groups is 1. The zero-order valence-electron chi connectivity index (χ0n) is 11.4. The maximum atomic E-state index is 12.6. The van der Waals surface area contributed by atoms with Crippen LogP contribution in [-0.2, 0) is 4.79 Å². The monoisotopic (exact) mass is 257 g/mol. The second-order valence-corrected chi connectivity index (χ2v) is 5.38. The first-order chi connectivity index (χ1) is 9.04. The van der Waals surface area contributed by atoms with Crippen molar-refractivity contribution in [3.63, 3.8) is 0 Å². The number of carbonyl (C=O) groups excluding carboxylic acids is 1. The number of nitriles is 1. The number of rotatable bonds is 1. The van der Waals surface area contributed by atoms with Crippen LogP contribution >= 0.6 is 0 Å². The van der Waals surface area contributed by atoms with Crippen molar-refractivity contribution in [2.75, 3.05) is 18.0 Å². The van der Waals surface area contributed by atoms with Crippen molar-refractivity contribution in [1.29, 1.82) is 5.26 Å². The number of benzene rings is 1. The highest BCUT2D eigenvalue weighted by Gasteiger charge is 2.33. The zero-order valence-corrected chi connectivity index (χ0v) is 11.4. The summed E-state index contributed by atoms with van der Waals surface area (Å²) in [5.41, 5.74) is 0.822. The van der Waals surface area contributed by atoms with Gasteiger partial charge in [0.1, 0.15) is 0 Å². The molecule has 1 N–H and O–H groups in total. The molecule has 1 aliphatic rings. The molecule has 4 heteroatoms. The summed E-state index contributed by atoms with van der Waals surface area (Å²) in [6, 6.07) is 9.35. The topological polar surface area (TPSA) is 56.1 Å². The van der Waals surface area contributed by atoms with Crippen LogP contribution in [0.15, 0.2) is 24.3 Å². The number of nitrogens with zero attached hydrogens (tertiary/aromatic N) is 2. The van der Waals surface area contributed by atoms with Gasteiger partial charge in [-0.15, -0.1) is 0 Å². The first-order valence-electron chi connectivity index (χ1n) is 6.62. The van der Waals surface area contributed by atoms with Crippen molar-refractivity contribution in [2.24, 2.45) is 0 Å². The van der Waals surface area contributed by atoms with Gasteiger partial charge in [0, 0.05) is 12.2 Å². The minimum atomic E-state index is -0.566. The van der Waals surface area contributed by atoms with Crippen LogP contribution in [0.4, 0.5) is 5.69 Å². The highest BCUT2D eigenvalue weighted by molar-refractivity contribution is 5.99. The molecule has 1 fully saturated rings. The zero-order chi connectivity index (χ0) is 13.9. The van der Waals surface area contributed by atoms with E-state index in [1.54, 1.807) is 17.0 Å². The van der Waals surface area contributed by atoms with Crippen molar-refractivity contribution in [2.45, 2.75) is 32.2 Å². The van der Waals surface area contributed by atoms with Gasteiger partial charge in [-0.25, -0.2) is 0 Å². The van der Waals surface area contributed by atoms with E-state index in [9.17, 15) is 4.79 Å². The van der Waals surface area contributed by atoms with Crippen molar-refractivity contribution in [3.8, 4) is 6.07 Å². The second kappa shape index (κ2) is 5.41. The molecule has 1 aromatic carbocycles. The lowest BCUT2D eigenvalue weighted by Gasteiger charge is -2.35. The van der Waals surface area contributed by atoms with E-state index >= 15 is 0 Å². The van der Waals surface area contributed by atoms with Gasteiger partial charge in [-0.3, -0.25) is 4.79 Å². The van der Waals surface area contributed by atoms with E-state index in [0.29, 0.717) is 12.1 Å². The lowest BCUT2D eigenvalue weighted by molar-refractivity contribution is -0.124. The Morgan fingerprint density at radius 1 is 1.37 bits per heavy atom. The third-order valence-electron chi connectivity index (χ3n) is 3.44. The number of nitrogens with one attached hydrogen (secondary N) is 1. The average molecular weight is 257 g/mol. The van der Waals surface area contributed by atoms with Gasteiger partial charge >= 0.3 is 0 Å². The fourth-order valence-electron chi connectivity index (χ4n) is 2.30. The molecule has 1 saturated heterocycles. The minimum absolute atomic E-state index is 0.0577. The molecule has 0 spiro atoms. The van der Waals surface area contributed by atoms with E-state index in [1.807, 2.05) is 26.0 Å². The highest BCUT2D eigenvalue weighted by Crippen LogP contribution is 2.22. The lowest BCUT2D eigenvalue weighted by Crippen LogP contribution is -2.56. The molecule has 0 aromatic heterocycles. The first kappa shape index (κ1) is 13.6. The summed E-state index contributed by atoms with van der Waals surface area (Å²) in [4.78, 5) is 14.4. The van der Waals surface area contributed by atoms with Gasteiger partial charge < -0.3 is 10.2 Å². The molecular formula is C15H19N3O. The van der Waals surface area contributed by atoms with Crippen LogP contribution in [-0.4, -0.2) is 24.5 Å². The van der Waals surface area contributed by atoms with Crippen LogP contribution in [0.1, 0.15) is 32.3 Å². The Morgan fingerprint density at radius 2 is 2.16 bits per heavy atom. The number of hydrogen-bond acceptors (Lipinski definition) is 3. The van der Waals surface area contributed by atoms with Gasteiger partial charge in [-0.2, -0.15) is 5.26 Å². The molecule has 0 saturated carbocycles. The van der Waals surface area contributed by atoms with Crippen LogP contribution in [0.25, 0.3) is 0 Å². The van der Waals surface area contributed by atoms with Crippen molar-refractivity contribution >= 4 is 11.6 Å². The normalized spacial score (nSPS) is 19.4. The van der Waals surface area contributed by atoms with Gasteiger partial charge in [0.05, 0.1) is 17.2 Å². The van der Waals surface area contributed by atoms with Crippen molar-refractivity contribution < 1.29 is 4.79 Å². The van der Waals surface area contributed by atoms with E-state index in [1.165, 1.54) is 0 Å². The number of anilines is 1. The van der Waals surface area contributed by atoms with Crippen molar-refractivity contribution in [3.05, 3.63) is 29.8 Å². The molecule has 4 nitrogen and oxygen atoms in total. The smallest absolute Gasteiger partial charge is 0.246 e. The third kappa shape index (κ3) is 2.94. The fourth-order valence-corrected chi connectivity index (χ4v) is 2.30. The standard InChI is InChI=1S/C15H19N3O/c1-15(2)14(19)18(9-4-3-8-17-15)13-7-5-6-12(10-13)11-16/h5-7,10,17H,3-4,8-9H2,1-2H3. The third-order valence-corrected chi connectivity index (χ3v) is 3.44. The summed E-state index contributed by atoms with van der Waals surface area (Å²) < 4.78 is 0. The van der Waals surface area contributed by atoms with Crippen LogP contribution in [0.2, 0.25) is 0 Å². The quantitative estimate of drug-likeness (QED) is 0.837. The summed E-state index contributed by atoms with van der Waals surface area (Å²) in [5, 5.41) is 12.2. The number of amides is 1. The van der Waals surface area contributed by atoms with E-state index in [2.05, 4.69) is 11.4 Å². The Labute approximate surface area is 114 Å². The molecule has 0 radical (unpaired) electrons. The molecule has 100 valence electrons. The van der Waals surface area contributed by atoms with E-state index in [0.717, 1.165) is 25.1 Å². The number of hydrogen-bond donors (Lipinski definition) is 1. The van der Waals surface area contributed by atoms with Crippen LogP contribution in [0, 0.1) is 11.3 Å². The minimum Gasteiger partial charge on any atom is -0.311 e. The molecular weight excluding hydrogens is 238 g/mol. The van der Waals surface area contributed by atoms with E-state index in [4.69, 9.17) is 5.26 Å². The molecule has 1 aromatic rings. The molecule has 0 unspecified atom stereocenters. The molecule has 0 atom stereocenters. The van der Waals surface area contributed by atoms with Crippen LogP contribution in [0.5, 0.6) is 0 Å². The van der Waals surface area contributed by atoms with Gasteiger partial charge in [-0.1, -0.05) is 6.07 Å². The van der Waals surface area contributed by atoms with Crippen LogP contribution < -0.4 is 10.2 Å².